The average molecular weight is 609 g/mol. The second-order valence-corrected chi connectivity index (χ2v) is 13.5. The van der Waals surface area contributed by atoms with Crippen LogP contribution in [0.2, 0.25) is 0 Å². The number of aliphatic carboxylic acids is 1. The lowest BCUT2D eigenvalue weighted by atomic mass is 10.0. The summed E-state index contributed by atoms with van der Waals surface area (Å²) in [5, 5.41) is 8.69. The van der Waals surface area contributed by atoms with Gasteiger partial charge in [0.05, 0.1) is 0 Å². The second-order valence-electron chi connectivity index (χ2n) is 13.5. The zero-order valence-corrected chi connectivity index (χ0v) is 29.3. The van der Waals surface area contributed by atoms with E-state index in [1.807, 2.05) is 0 Å². The Bertz CT molecular complexity index is 576. The number of hydrogen-bond donors (Lipinski definition) is 1. The molecule has 0 rings (SSSR count). The zero-order valence-electron chi connectivity index (χ0n) is 29.3. The molecule has 0 aliphatic carbocycles. The molecule has 1 N–H and O–H groups in total. The van der Waals surface area contributed by atoms with Gasteiger partial charge in [-0.25, -0.2) is 0 Å². The number of unbranched alkanes of at least 4 members (excludes halogenated alkanes) is 27. The maximum Gasteiger partial charge on any atom is 0.306 e. The highest BCUT2D eigenvalue weighted by atomic mass is 16.5. The number of esters is 1. The van der Waals surface area contributed by atoms with E-state index >= 15 is 0 Å². The lowest BCUT2D eigenvalue weighted by molar-refractivity contribution is -0.150. The van der Waals surface area contributed by atoms with Crippen molar-refractivity contribution < 1.29 is 19.4 Å². The molecule has 4 nitrogen and oxygen atoms in total. The fraction of sp³-hybridized carbons (Fsp3) is 0.949. The molecule has 0 bridgehead atoms. The Morgan fingerprint density at radius 2 is 0.698 bits per heavy atom. The first-order valence-electron chi connectivity index (χ1n) is 19.5. The van der Waals surface area contributed by atoms with Crippen LogP contribution in [0.4, 0.5) is 0 Å². The number of carboxylic acid groups (broad SMARTS) is 1. The van der Waals surface area contributed by atoms with Crippen LogP contribution in [-0.2, 0) is 14.3 Å². The maximum absolute atomic E-state index is 12.6. The van der Waals surface area contributed by atoms with Crippen LogP contribution in [0.25, 0.3) is 0 Å². The van der Waals surface area contributed by atoms with Gasteiger partial charge in [0.1, 0.15) is 6.10 Å². The monoisotopic (exact) mass is 609 g/mol. The molecule has 0 saturated carbocycles. The van der Waals surface area contributed by atoms with Gasteiger partial charge in [-0.2, -0.15) is 0 Å². The molecule has 4 heteroatoms. The molecular formula is C39H76O4. The van der Waals surface area contributed by atoms with Gasteiger partial charge in [0, 0.05) is 12.8 Å². The smallest absolute Gasteiger partial charge is 0.306 e. The molecule has 0 radical (unpaired) electrons. The first-order chi connectivity index (χ1) is 21.1. The van der Waals surface area contributed by atoms with E-state index in [4.69, 9.17) is 9.84 Å². The van der Waals surface area contributed by atoms with Crippen molar-refractivity contribution in [2.75, 3.05) is 0 Å². The Morgan fingerprint density at radius 1 is 0.419 bits per heavy atom. The minimum Gasteiger partial charge on any atom is -0.481 e. The number of ether oxygens (including phenoxy) is 1. The molecule has 0 saturated heterocycles. The highest BCUT2D eigenvalue weighted by Crippen LogP contribution is 2.19. The van der Waals surface area contributed by atoms with Crippen LogP contribution in [0.1, 0.15) is 232 Å². The maximum atomic E-state index is 12.6. The van der Waals surface area contributed by atoms with Crippen molar-refractivity contribution in [3.05, 3.63) is 0 Å². The van der Waals surface area contributed by atoms with E-state index in [0.717, 1.165) is 32.1 Å². The number of hydrogen-bond acceptors (Lipinski definition) is 3. The molecule has 0 aromatic carbocycles. The van der Waals surface area contributed by atoms with Crippen LogP contribution in [-0.4, -0.2) is 23.1 Å². The summed E-state index contributed by atoms with van der Waals surface area (Å²) >= 11 is 0. The van der Waals surface area contributed by atoms with Gasteiger partial charge < -0.3 is 9.84 Å². The molecule has 256 valence electrons. The molecule has 0 aromatic heterocycles. The number of carbonyl (C=O) groups excluding carboxylic acids is 1. The Hall–Kier alpha value is -1.06. The van der Waals surface area contributed by atoms with Gasteiger partial charge in [-0.05, 0) is 38.5 Å². The minimum absolute atomic E-state index is 0.0462. The summed E-state index contributed by atoms with van der Waals surface area (Å²) in [5.41, 5.74) is 0. The number of rotatable bonds is 36. The van der Waals surface area contributed by atoms with Crippen molar-refractivity contribution in [2.45, 2.75) is 238 Å². The van der Waals surface area contributed by atoms with E-state index in [1.54, 1.807) is 0 Å². The summed E-state index contributed by atoms with van der Waals surface area (Å²) in [4.78, 5) is 23.2. The molecule has 0 heterocycles. The van der Waals surface area contributed by atoms with Gasteiger partial charge in [0.15, 0.2) is 0 Å². The van der Waals surface area contributed by atoms with E-state index in [0.29, 0.717) is 12.8 Å². The minimum atomic E-state index is -0.667. The fourth-order valence-electron chi connectivity index (χ4n) is 6.19. The van der Waals surface area contributed by atoms with Gasteiger partial charge in [-0.3, -0.25) is 9.59 Å². The molecule has 1 atom stereocenters. The highest BCUT2D eigenvalue weighted by Gasteiger charge is 2.14. The van der Waals surface area contributed by atoms with E-state index in [1.165, 1.54) is 173 Å². The lowest BCUT2D eigenvalue weighted by Crippen LogP contribution is -2.18. The van der Waals surface area contributed by atoms with Crippen LogP contribution in [0, 0.1) is 0 Å². The summed E-state index contributed by atoms with van der Waals surface area (Å²) in [5.74, 6) is -0.621. The van der Waals surface area contributed by atoms with Crippen LogP contribution in [0.3, 0.4) is 0 Å². The largest absolute Gasteiger partial charge is 0.481 e. The first kappa shape index (κ1) is 41.9. The lowest BCUT2D eigenvalue weighted by Gasteiger charge is -2.18. The standard InChI is InChI=1S/C39H76O4/c1-3-5-7-9-11-12-13-18-21-24-28-32-36-39(42)43-37(33-29-25-10-8-6-4-2)34-30-26-22-19-16-14-15-17-20-23-27-31-35-38(40)41/h37H,3-36H2,1-2H3,(H,40,41). The molecule has 0 aliphatic rings. The SMILES string of the molecule is CCCCCCCCCCCCCCC(=O)OC(CCCCCCCC)CCCCCCCCCCCCCCC(=O)O. The van der Waals surface area contributed by atoms with Crippen molar-refractivity contribution in [3.63, 3.8) is 0 Å². The third-order valence-electron chi connectivity index (χ3n) is 9.08. The predicted molar refractivity (Wildman–Crippen MR) is 186 cm³/mol. The molecule has 0 spiro atoms. The third kappa shape index (κ3) is 35.3. The van der Waals surface area contributed by atoms with Gasteiger partial charge in [-0.1, -0.05) is 181 Å². The van der Waals surface area contributed by atoms with Gasteiger partial charge in [0.25, 0.3) is 0 Å². The molecule has 43 heavy (non-hydrogen) atoms. The Morgan fingerprint density at radius 3 is 1.02 bits per heavy atom. The third-order valence-corrected chi connectivity index (χ3v) is 9.08. The zero-order chi connectivity index (χ0) is 31.5. The van der Waals surface area contributed by atoms with E-state index in [9.17, 15) is 9.59 Å². The van der Waals surface area contributed by atoms with Crippen molar-refractivity contribution in [1.29, 1.82) is 0 Å². The highest BCUT2D eigenvalue weighted by molar-refractivity contribution is 5.69. The van der Waals surface area contributed by atoms with Crippen LogP contribution < -0.4 is 0 Å². The normalized spacial score (nSPS) is 12.0. The van der Waals surface area contributed by atoms with Crippen LogP contribution in [0.5, 0.6) is 0 Å². The first-order valence-corrected chi connectivity index (χ1v) is 19.5. The average Bonchev–Trinajstić information content (AvgIpc) is 2.99. The molecule has 0 fully saturated rings. The number of carboxylic acids is 1. The van der Waals surface area contributed by atoms with Crippen LogP contribution in [0.15, 0.2) is 0 Å². The van der Waals surface area contributed by atoms with E-state index in [2.05, 4.69) is 13.8 Å². The Balaban J connectivity index is 3.90. The van der Waals surface area contributed by atoms with E-state index < -0.39 is 5.97 Å². The van der Waals surface area contributed by atoms with Crippen molar-refractivity contribution in [1.82, 2.24) is 0 Å². The van der Waals surface area contributed by atoms with Gasteiger partial charge >= 0.3 is 11.9 Å². The molecular weight excluding hydrogens is 532 g/mol. The topological polar surface area (TPSA) is 63.6 Å². The fourth-order valence-corrected chi connectivity index (χ4v) is 6.19. The van der Waals surface area contributed by atoms with Crippen molar-refractivity contribution in [3.8, 4) is 0 Å². The van der Waals surface area contributed by atoms with Gasteiger partial charge in [0.2, 0.25) is 0 Å². The van der Waals surface area contributed by atoms with Crippen molar-refractivity contribution in [2.24, 2.45) is 0 Å². The summed E-state index contributed by atoms with van der Waals surface area (Å²) in [6.45, 7) is 4.54. The van der Waals surface area contributed by atoms with Gasteiger partial charge in [-0.15, -0.1) is 0 Å². The summed E-state index contributed by atoms with van der Waals surface area (Å²) in [6.07, 6.45) is 41.4. The van der Waals surface area contributed by atoms with Crippen molar-refractivity contribution >= 4 is 11.9 Å². The van der Waals surface area contributed by atoms with Crippen LogP contribution >= 0.6 is 0 Å². The predicted octanol–water partition coefficient (Wildman–Crippen LogP) is 13.3. The molecule has 0 amide bonds. The van der Waals surface area contributed by atoms with E-state index in [-0.39, 0.29) is 12.1 Å². The molecule has 0 aromatic rings. The summed E-state index contributed by atoms with van der Waals surface area (Å²) in [6, 6.07) is 0. The summed E-state index contributed by atoms with van der Waals surface area (Å²) in [7, 11) is 0. The molecule has 1 unspecified atom stereocenters. The molecule has 0 aliphatic heterocycles. The quantitative estimate of drug-likeness (QED) is 0.0567. The Kier molecular flexibility index (Phi) is 34.5. The summed E-state index contributed by atoms with van der Waals surface area (Å²) < 4.78 is 6.03. The number of carbonyl (C=O) groups is 2. The Labute approximate surface area is 269 Å². The second kappa shape index (κ2) is 35.4.